The average Bonchev–Trinajstić information content (AvgIpc) is 2.61. The van der Waals surface area contributed by atoms with Gasteiger partial charge in [-0.05, 0) is 20.1 Å². The SMILES string of the molecule is CSc1nccc(-[n+]2ccc(C)n2C)c1C. The quantitative estimate of drug-likeness (QED) is 0.586. The largest absolute Gasteiger partial charge is 0.249 e. The first kappa shape index (κ1) is 11.2. The average molecular weight is 234 g/mol. The number of nitrogens with zero attached hydrogens (tertiary/aromatic N) is 3. The van der Waals surface area contributed by atoms with Gasteiger partial charge >= 0.3 is 0 Å². The van der Waals surface area contributed by atoms with Gasteiger partial charge in [0.05, 0.1) is 18.3 Å². The fourth-order valence-electron chi connectivity index (χ4n) is 1.76. The van der Waals surface area contributed by atoms with E-state index in [9.17, 15) is 0 Å². The lowest BCUT2D eigenvalue weighted by Crippen LogP contribution is -2.39. The van der Waals surface area contributed by atoms with Crippen molar-refractivity contribution in [2.24, 2.45) is 7.05 Å². The van der Waals surface area contributed by atoms with E-state index in [1.807, 2.05) is 6.20 Å². The van der Waals surface area contributed by atoms with Crippen molar-refractivity contribution in [3.63, 3.8) is 0 Å². The lowest BCUT2D eigenvalue weighted by molar-refractivity contribution is -0.683. The molecule has 0 N–H and O–H groups in total. The van der Waals surface area contributed by atoms with E-state index in [0.717, 1.165) is 5.03 Å². The van der Waals surface area contributed by atoms with Crippen LogP contribution in [0, 0.1) is 13.8 Å². The van der Waals surface area contributed by atoms with Gasteiger partial charge in [0.2, 0.25) is 11.9 Å². The maximum Gasteiger partial charge on any atom is 0.242 e. The third-order valence-corrected chi connectivity index (χ3v) is 3.66. The number of thioether (sulfide) groups is 1. The summed E-state index contributed by atoms with van der Waals surface area (Å²) in [5.41, 5.74) is 3.65. The number of rotatable bonds is 2. The molecule has 0 aliphatic rings. The summed E-state index contributed by atoms with van der Waals surface area (Å²) < 4.78 is 4.28. The second kappa shape index (κ2) is 4.29. The Balaban J connectivity index is 2.60. The zero-order valence-electron chi connectivity index (χ0n) is 10.1. The topological polar surface area (TPSA) is 21.7 Å². The minimum absolute atomic E-state index is 1.09. The minimum atomic E-state index is 1.09. The van der Waals surface area contributed by atoms with Crippen LogP contribution in [0.5, 0.6) is 0 Å². The van der Waals surface area contributed by atoms with Crippen LogP contribution >= 0.6 is 11.8 Å². The van der Waals surface area contributed by atoms with Crippen molar-refractivity contribution in [2.45, 2.75) is 18.9 Å². The molecule has 0 radical (unpaired) electrons. The molecule has 0 atom stereocenters. The molecule has 3 nitrogen and oxygen atoms in total. The first-order valence-corrected chi connectivity index (χ1v) is 6.42. The highest BCUT2D eigenvalue weighted by atomic mass is 32.2. The molecule has 2 aromatic rings. The van der Waals surface area contributed by atoms with Gasteiger partial charge in [0, 0.05) is 18.3 Å². The standard InChI is InChI=1S/C12H16N3S/c1-9-6-8-15(14(9)3)11-5-7-13-12(16-4)10(11)2/h5-8H,1-4H3/q+1. The van der Waals surface area contributed by atoms with E-state index in [-0.39, 0.29) is 0 Å². The van der Waals surface area contributed by atoms with E-state index >= 15 is 0 Å². The number of aryl methyl sites for hydroxylation is 1. The molecule has 2 heterocycles. The summed E-state index contributed by atoms with van der Waals surface area (Å²) >= 11 is 1.68. The number of hydrogen-bond donors (Lipinski definition) is 0. The minimum Gasteiger partial charge on any atom is -0.249 e. The fraction of sp³-hybridized carbons (Fsp3) is 0.333. The van der Waals surface area contributed by atoms with Crippen molar-refractivity contribution in [2.75, 3.05) is 6.26 Å². The normalized spacial score (nSPS) is 10.8. The molecule has 0 amide bonds. The Morgan fingerprint density at radius 1 is 1.31 bits per heavy atom. The molecule has 0 unspecified atom stereocenters. The Morgan fingerprint density at radius 2 is 2.06 bits per heavy atom. The van der Waals surface area contributed by atoms with Crippen LogP contribution in [0.15, 0.2) is 29.6 Å². The van der Waals surface area contributed by atoms with Gasteiger partial charge in [-0.2, -0.15) is 4.68 Å². The summed E-state index contributed by atoms with van der Waals surface area (Å²) in [5, 5.41) is 1.09. The van der Waals surface area contributed by atoms with Crippen LogP contribution in [0.1, 0.15) is 11.3 Å². The van der Waals surface area contributed by atoms with Gasteiger partial charge in [0.1, 0.15) is 5.03 Å². The van der Waals surface area contributed by atoms with Crippen LogP contribution in [0.4, 0.5) is 0 Å². The summed E-state index contributed by atoms with van der Waals surface area (Å²) in [5.74, 6) is 0. The van der Waals surface area contributed by atoms with Crippen LogP contribution in [0.3, 0.4) is 0 Å². The fourth-order valence-corrected chi connectivity index (χ4v) is 2.34. The van der Waals surface area contributed by atoms with Gasteiger partial charge < -0.3 is 0 Å². The highest BCUT2D eigenvalue weighted by Crippen LogP contribution is 2.19. The second-order valence-corrected chi connectivity index (χ2v) is 4.58. The van der Waals surface area contributed by atoms with Crippen LogP contribution < -0.4 is 4.68 Å². The van der Waals surface area contributed by atoms with Crippen LogP contribution in [-0.4, -0.2) is 15.9 Å². The summed E-state index contributed by atoms with van der Waals surface area (Å²) in [6.45, 7) is 4.21. The van der Waals surface area contributed by atoms with Crippen LogP contribution in [0.25, 0.3) is 5.69 Å². The molecule has 2 rings (SSSR count). The zero-order chi connectivity index (χ0) is 11.7. The molecule has 0 aromatic carbocycles. The predicted molar refractivity (Wildman–Crippen MR) is 66.0 cm³/mol. The summed E-state index contributed by atoms with van der Waals surface area (Å²) in [4.78, 5) is 4.36. The van der Waals surface area contributed by atoms with Gasteiger partial charge in [0.25, 0.3) is 0 Å². The van der Waals surface area contributed by atoms with Crippen molar-refractivity contribution in [1.82, 2.24) is 9.67 Å². The molecule has 4 heteroatoms. The molecule has 0 aliphatic heterocycles. The molecule has 84 valence electrons. The molecule has 0 saturated carbocycles. The Morgan fingerprint density at radius 3 is 2.62 bits per heavy atom. The Bertz CT molecular complexity index is 517. The maximum absolute atomic E-state index is 4.36. The van der Waals surface area contributed by atoms with Gasteiger partial charge in [0.15, 0.2) is 0 Å². The maximum atomic E-state index is 4.36. The van der Waals surface area contributed by atoms with Crippen molar-refractivity contribution in [1.29, 1.82) is 0 Å². The predicted octanol–water partition coefficient (Wildman–Crippen LogP) is 2.04. The van der Waals surface area contributed by atoms with E-state index in [0.29, 0.717) is 0 Å². The molecule has 0 aliphatic carbocycles. The summed E-state index contributed by atoms with van der Waals surface area (Å²) in [7, 11) is 2.06. The van der Waals surface area contributed by atoms with E-state index < -0.39 is 0 Å². The first-order chi connectivity index (χ1) is 7.65. The van der Waals surface area contributed by atoms with Gasteiger partial charge in [-0.3, -0.25) is 0 Å². The number of hydrogen-bond acceptors (Lipinski definition) is 2. The molecule has 0 saturated heterocycles. The van der Waals surface area contributed by atoms with Crippen molar-refractivity contribution in [3.05, 3.63) is 35.8 Å². The Labute approximate surface area is 100 Å². The Hall–Kier alpha value is -1.29. The highest BCUT2D eigenvalue weighted by molar-refractivity contribution is 7.98. The van der Waals surface area contributed by atoms with Crippen molar-refractivity contribution < 1.29 is 4.68 Å². The number of pyridine rings is 1. The second-order valence-electron chi connectivity index (χ2n) is 3.79. The monoisotopic (exact) mass is 234 g/mol. The lowest BCUT2D eigenvalue weighted by atomic mass is 10.2. The third-order valence-electron chi connectivity index (χ3n) is 2.86. The molecule has 0 fully saturated rings. The molecule has 2 aromatic heterocycles. The smallest absolute Gasteiger partial charge is 0.242 e. The molecule has 16 heavy (non-hydrogen) atoms. The molecular formula is C12H16N3S+. The van der Waals surface area contributed by atoms with Gasteiger partial charge in [-0.25, -0.2) is 4.98 Å². The molecular weight excluding hydrogens is 218 g/mol. The number of aromatic nitrogens is 3. The third kappa shape index (κ3) is 1.73. The van der Waals surface area contributed by atoms with E-state index in [1.165, 1.54) is 16.9 Å². The van der Waals surface area contributed by atoms with Crippen molar-refractivity contribution in [3.8, 4) is 5.69 Å². The zero-order valence-corrected chi connectivity index (χ0v) is 10.9. The summed E-state index contributed by atoms with van der Waals surface area (Å²) in [6, 6.07) is 4.16. The first-order valence-electron chi connectivity index (χ1n) is 5.19. The van der Waals surface area contributed by atoms with Crippen LogP contribution in [0.2, 0.25) is 0 Å². The molecule has 0 spiro atoms. The van der Waals surface area contributed by atoms with E-state index in [2.05, 4.69) is 59.8 Å². The highest BCUT2D eigenvalue weighted by Gasteiger charge is 2.17. The van der Waals surface area contributed by atoms with E-state index in [1.54, 1.807) is 11.8 Å². The molecule has 0 bridgehead atoms. The van der Waals surface area contributed by atoms with Crippen LogP contribution in [-0.2, 0) is 7.05 Å². The Kier molecular flexibility index (Phi) is 3.01. The van der Waals surface area contributed by atoms with Gasteiger partial charge in [-0.1, -0.05) is 4.68 Å². The van der Waals surface area contributed by atoms with Crippen molar-refractivity contribution >= 4 is 11.8 Å². The summed E-state index contributed by atoms with van der Waals surface area (Å²) in [6.07, 6.45) is 6.01. The van der Waals surface area contributed by atoms with Gasteiger partial charge in [-0.15, -0.1) is 11.8 Å². The van der Waals surface area contributed by atoms with E-state index in [4.69, 9.17) is 0 Å². The lowest BCUT2D eigenvalue weighted by Gasteiger charge is -2.04.